The minimum atomic E-state index is -4.08. The summed E-state index contributed by atoms with van der Waals surface area (Å²) >= 11 is 1.90. The molecule has 0 aromatic heterocycles. The van der Waals surface area contributed by atoms with Crippen molar-refractivity contribution in [3.05, 3.63) is 0 Å². The minimum Gasteiger partial charge on any atom is -0.312 e. The van der Waals surface area contributed by atoms with Crippen LogP contribution in [0.1, 0.15) is 6.42 Å². The van der Waals surface area contributed by atoms with Gasteiger partial charge in [0.15, 0.2) is 0 Å². The number of halogens is 3. The van der Waals surface area contributed by atoms with Gasteiger partial charge < -0.3 is 5.32 Å². The first-order valence-electron chi connectivity index (χ1n) is 4.10. The van der Waals surface area contributed by atoms with Gasteiger partial charge in [-0.2, -0.15) is 24.9 Å². The zero-order valence-electron chi connectivity index (χ0n) is 7.06. The molecule has 1 fully saturated rings. The summed E-state index contributed by atoms with van der Waals surface area (Å²) in [7, 11) is 0. The summed E-state index contributed by atoms with van der Waals surface area (Å²) in [6.07, 6.45) is 1.08. The Kier molecular flexibility index (Phi) is 4.75. The minimum absolute atomic E-state index is 0.0476. The second-order valence-corrected chi connectivity index (χ2v) is 5.12. The number of hydrogen-bond donors (Lipinski definition) is 1. The van der Waals surface area contributed by atoms with Crippen molar-refractivity contribution >= 4 is 23.5 Å². The first-order chi connectivity index (χ1) is 6.08. The van der Waals surface area contributed by atoms with Gasteiger partial charge in [-0.15, -0.1) is 0 Å². The molecule has 6 heteroatoms. The average molecular weight is 231 g/mol. The summed E-state index contributed by atoms with van der Waals surface area (Å²) < 4.78 is 35.1. The molecule has 0 saturated carbocycles. The molecule has 1 heterocycles. The monoisotopic (exact) mass is 231 g/mol. The molecule has 1 aliphatic rings. The third kappa shape index (κ3) is 5.70. The number of thioether (sulfide) groups is 2. The third-order valence-electron chi connectivity index (χ3n) is 1.73. The van der Waals surface area contributed by atoms with Crippen LogP contribution in [0.5, 0.6) is 0 Å². The topological polar surface area (TPSA) is 12.0 Å². The maximum Gasteiger partial charge on any atom is 0.441 e. The van der Waals surface area contributed by atoms with Crippen LogP contribution in [0, 0.1) is 0 Å². The van der Waals surface area contributed by atoms with Crippen LogP contribution < -0.4 is 5.32 Å². The quantitative estimate of drug-likeness (QED) is 0.746. The van der Waals surface area contributed by atoms with Gasteiger partial charge in [0.2, 0.25) is 0 Å². The van der Waals surface area contributed by atoms with E-state index in [1.165, 1.54) is 0 Å². The molecule has 0 amide bonds. The van der Waals surface area contributed by atoms with Crippen molar-refractivity contribution in [2.45, 2.75) is 18.0 Å². The van der Waals surface area contributed by atoms with Gasteiger partial charge >= 0.3 is 5.51 Å². The first kappa shape index (κ1) is 11.5. The molecule has 1 atom stereocenters. The summed E-state index contributed by atoms with van der Waals surface area (Å²) in [4.78, 5) is 0. The molecular formula is C7H12F3NS2. The van der Waals surface area contributed by atoms with Gasteiger partial charge in [-0.05, 0) is 23.9 Å². The Bertz CT molecular complexity index is 145. The molecule has 13 heavy (non-hydrogen) atoms. The van der Waals surface area contributed by atoms with E-state index in [0.717, 1.165) is 17.9 Å². The molecular weight excluding hydrogens is 219 g/mol. The smallest absolute Gasteiger partial charge is 0.312 e. The van der Waals surface area contributed by atoms with Crippen LogP contribution in [-0.2, 0) is 0 Å². The molecule has 0 radical (unpaired) electrons. The summed E-state index contributed by atoms with van der Waals surface area (Å²) in [5.74, 6) is 2.28. The standard InChI is InChI=1S/C7H12F3NS2/c8-7(9,10)13-4-2-11-6-1-3-12-5-6/h6,11H,1-5H2. The first-order valence-corrected chi connectivity index (χ1v) is 6.24. The van der Waals surface area contributed by atoms with Crippen molar-refractivity contribution in [2.24, 2.45) is 0 Å². The lowest BCUT2D eigenvalue weighted by Crippen LogP contribution is -2.30. The van der Waals surface area contributed by atoms with E-state index in [2.05, 4.69) is 5.32 Å². The Morgan fingerprint density at radius 3 is 2.77 bits per heavy atom. The van der Waals surface area contributed by atoms with Gasteiger partial charge in [-0.25, -0.2) is 0 Å². The highest BCUT2D eigenvalue weighted by Gasteiger charge is 2.27. The predicted molar refractivity (Wildman–Crippen MR) is 52.2 cm³/mol. The van der Waals surface area contributed by atoms with Crippen molar-refractivity contribution < 1.29 is 13.2 Å². The zero-order chi connectivity index (χ0) is 9.73. The lowest BCUT2D eigenvalue weighted by Gasteiger charge is -2.11. The molecule has 0 bridgehead atoms. The molecule has 1 aliphatic heterocycles. The van der Waals surface area contributed by atoms with Gasteiger partial charge in [0.25, 0.3) is 0 Å². The van der Waals surface area contributed by atoms with Crippen molar-refractivity contribution in [2.75, 3.05) is 23.8 Å². The largest absolute Gasteiger partial charge is 0.441 e. The number of hydrogen-bond acceptors (Lipinski definition) is 3. The summed E-state index contributed by atoms with van der Waals surface area (Å²) in [6, 6.07) is 0.429. The maximum absolute atomic E-state index is 11.7. The van der Waals surface area contributed by atoms with Gasteiger partial charge in [0, 0.05) is 24.1 Å². The summed E-state index contributed by atoms with van der Waals surface area (Å²) in [5.41, 5.74) is -4.08. The number of alkyl halides is 3. The van der Waals surface area contributed by atoms with Crippen molar-refractivity contribution in [3.63, 3.8) is 0 Å². The van der Waals surface area contributed by atoms with Crippen molar-refractivity contribution in [1.82, 2.24) is 5.32 Å². The van der Waals surface area contributed by atoms with Crippen molar-refractivity contribution in [1.29, 1.82) is 0 Å². The Balaban J connectivity index is 1.94. The fourth-order valence-corrected chi connectivity index (χ4v) is 2.76. The molecule has 1 rings (SSSR count). The van der Waals surface area contributed by atoms with E-state index in [4.69, 9.17) is 0 Å². The highest BCUT2D eigenvalue weighted by atomic mass is 32.2. The molecule has 0 aromatic rings. The molecule has 1 saturated heterocycles. The fourth-order valence-electron chi connectivity index (χ4n) is 1.13. The van der Waals surface area contributed by atoms with E-state index in [9.17, 15) is 13.2 Å². The Morgan fingerprint density at radius 1 is 1.46 bits per heavy atom. The van der Waals surface area contributed by atoms with Gasteiger partial charge in [0.05, 0.1) is 0 Å². The molecule has 0 spiro atoms. The number of rotatable bonds is 4. The van der Waals surface area contributed by atoms with Gasteiger partial charge in [-0.1, -0.05) is 0 Å². The molecule has 0 aliphatic carbocycles. The van der Waals surface area contributed by atoms with Crippen LogP contribution in [0.25, 0.3) is 0 Å². The van der Waals surface area contributed by atoms with Crippen LogP contribution in [0.4, 0.5) is 13.2 Å². The average Bonchev–Trinajstić information content (AvgIpc) is 2.48. The molecule has 1 nitrogen and oxygen atoms in total. The Morgan fingerprint density at radius 2 is 2.23 bits per heavy atom. The lowest BCUT2D eigenvalue weighted by molar-refractivity contribution is -0.0327. The van der Waals surface area contributed by atoms with Crippen LogP contribution in [0.2, 0.25) is 0 Å². The SMILES string of the molecule is FC(F)(F)SCCNC1CCSC1. The Labute approximate surface area is 84.2 Å². The summed E-state index contributed by atoms with van der Waals surface area (Å²) in [5, 5.41) is 3.11. The predicted octanol–water partition coefficient (Wildman–Crippen LogP) is 2.33. The zero-order valence-corrected chi connectivity index (χ0v) is 8.70. The summed E-state index contributed by atoms with van der Waals surface area (Å²) in [6.45, 7) is 0.454. The van der Waals surface area contributed by atoms with E-state index < -0.39 is 5.51 Å². The highest BCUT2D eigenvalue weighted by Crippen LogP contribution is 2.29. The molecule has 1 unspecified atom stereocenters. The van der Waals surface area contributed by atoms with Crippen LogP contribution in [0.15, 0.2) is 0 Å². The van der Waals surface area contributed by atoms with Crippen molar-refractivity contribution in [3.8, 4) is 0 Å². The van der Waals surface area contributed by atoms with E-state index in [0.29, 0.717) is 12.6 Å². The number of nitrogens with one attached hydrogen (secondary N) is 1. The van der Waals surface area contributed by atoms with Crippen LogP contribution in [-0.4, -0.2) is 35.4 Å². The van der Waals surface area contributed by atoms with E-state index in [1.807, 2.05) is 11.8 Å². The second-order valence-electron chi connectivity index (χ2n) is 2.81. The van der Waals surface area contributed by atoms with E-state index in [1.54, 1.807) is 0 Å². The normalized spacial score (nSPS) is 23.8. The maximum atomic E-state index is 11.7. The van der Waals surface area contributed by atoms with E-state index >= 15 is 0 Å². The van der Waals surface area contributed by atoms with Gasteiger partial charge in [0.1, 0.15) is 0 Å². The second kappa shape index (κ2) is 5.36. The highest BCUT2D eigenvalue weighted by molar-refractivity contribution is 8.00. The van der Waals surface area contributed by atoms with E-state index in [-0.39, 0.29) is 17.5 Å². The fraction of sp³-hybridized carbons (Fsp3) is 1.00. The third-order valence-corrected chi connectivity index (χ3v) is 3.63. The molecule has 78 valence electrons. The van der Waals surface area contributed by atoms with Crippen LogP contribution in [0.3, 0.4) is 0 Å². The molecule has 0 aromatic carbocycles. The lowest BCUT2D eigenvalue weighted by atomic mass is 10.3. The van der Waals surface area contributed by atoms with Crippen LogP contribution >= 0.6 is 23.5 Å². The van der Waals surface area contributed by atoms with Gasteiger partial charge in [-0.3, -0.25) is 0 Å². The Hall–Kier alpha value is 0.450. The molecule has 1 N–H and O–H groups in total.